The molecule has 0 heterocycles. The summed E-state index contributed by atoms with van der Waals surface area (Å²) < 4.78 is 16.4. The Morgan fingerprint density at radius 1 is 0.429 bits per heavy atom. The van der Waals surface area contributed by atoms with E-state index in [0.717, 1.165) is 6.42 Å². The lowest BCUT2D eigenvalue weighted by Crippen LogP contribution is -2.02. The topological polar surface area (TPSA) is 26.3 Å². The summed E-state index contributed by atoms with van der Waals surface area (Å²) in [5.41, 5.74) is 0. The molecular weight excluding hydrogens is 468 g/mol. The van der Waals surface area contributed by atoms with Gasteiger partial charge in [0.15, 0.2) is 0 Å². The van der Waals surface area contributed by atoms with Gasteiger partial charge in [-0.25, -0.2) is 4.21 Å². The molecule has 4 heteroatoms. The van der Waals surface area contributed by atoms with Gasteiger partial charge < -0.3 is 0 Å². The number of hydrogen-bond acceptors (Lipinski definition) is 3. The molecule has 0 saturated carbocycles. The summed E-state index contributed by atoms with van der Waals surface area (Å²) in [6.45, 7) is 2.85. The van der Waals surface area contributed by atoms with E-state index < -0.39 is 8.77 Å². The highest BCUT2D eigenvalue weighted by atomic mass is 32.8. The number of hydrogen-bond donors (Lipinski definition) is 0. The van der Waals surface area contributed by atoms with Crippen molar-refractivity contribution in [2.45, 2.75) is 187 Å². The zero-order valence-corrected chi connectivity index (χ0v) is 25.8. The van der Waals surface area contributed by atoms with Gasteiger partial charge in [0.2, 0.25) is 0 Å². The highest BCUT2D eigenvalue weighted by Crippen LogP contribution is 2.16. The molecule has 35 heavy (non-hydrogen) atoms. The smallest absolute Gasteiger partial charge is 0.141 e. The Morgan fingerprint density at radius 2 is 0.629 bits per heavy atom. The first kappa shape index (κ1) is 35.3. The minimum atomic E-state index is -2.42. The molecule has 0 aromatic carbocycles. The van der Waals surface area contributed by atoms with Crippen LogP contribution in [0.25, 0.3) is 0 Å². The van der Waals surface area contributed by atoms with Gasteiger partial charge in [0.25, 0.3) is 0 Å². The second kappa shape index (κ2) is 28.9. The highest BCUT2D eigenvalue weighted by Gasteiger charge is 1.98. The summed E-state index contributed by atoms with van der Waals surface area (Å²) in [6.07, 6.45) is 41.1. The van der Waals surface area contributed by atoms with Crippen LogP contribution >= 0.6 is 0 Å². The van der Waals surface area contributed by atoms with Gasteiger partial charge in [-0.05, 0) is 6.42 Å². The predicted octanol–water partition coefficient (Wildman–Crippen LogP) is 11.2. The van der Waals surface area contributed by atoms with Gasteiger partial charge in [-0.3, -0.25) is 4.18 Å². The van der Waals surface area contributed by atoms with Crippen molar-refractivity contribution in [3.05, 3.63) is 0 Å². The van der Waals surface area contributed by atoms with Gasteiger partial charge in [0.1, 0.15) is 8.77 Å². The molecule has 0 aliphatic rings. The van der Waals surface area contributed by atoms with Crippen LogP contribution in [0.15, 0.2) is 0 Å². The monoisotopic (exact) mass is 532 g/mol. The Kier molecular flexibility index (Phi) is 29.2. The Bertz CT molecular complexity index is 490. The van der Waals surface area contributed by atoms with Crippen LogP contribution in [-0.4, -0.2) is 17.1 Å². The fourth-order valence-electron chi connectivity index (χ4n) is 4.98. The lowest BCUT2D eigenvalue weighted by Gasteiger charge is -2.05. The van der Waals surface area contributed by atoms with E-state index in [1.807, 2.05) is 0 Å². The van der Waals surface area contributed by atoms with Crippen LogP contribution in [-0.2, 0) is 24.1 Å². The third-order valence-corrected chi connectivity index (χ3v) is 8.18. The summed E-state index contributed by atoms with van der Waals surface area (Å²) in [4.78, 5) is 0. The van der Waals surface area contributed by atoms with Crippen molar-refractivity contribution in [2.75, 3.05) is 12.9 Å². The molecule has 0 aliphatic carbocycles. The van der Waals surface area contributed by atoms with Crippen LogP contribution in [0.4, 0.5) is 0 Å². The fraction of sp³-hybridized carbons (Fsp3) is 1.00. The zero-order valence-electron chi connectivity index (χ0n) is 24.1. The van der Waals surface area contributed by atoms with Crippen molar-refractivity contribution >= 4 is 20.0 Å². The predicted molar refractivity (Wildman–Crippen MR) is 162 cm³/mol. The second-order valence-corrected chi connectivity index (χ2v) is 14.5. The molecular formula is C31H64O2S2. The quantitative estimate of drug-likeness (QED) is 0.0860. The lowest BCUT2D eigenvalue weighted by atomic mass is 10.0. The van der Waals surface area contributed by atoms with E-state index in [9.17, 15) is 4.21 Å². The molecule has 0 N–H and O–H groups in total. The van der Waals surface area contributed by atoms with Gasteiger partial charge in [-0.15, -0.1) is 0 Å². The third kappa shape index (κ3) is 34.3. The zero-order chi connectivity index (χ0) is 25.7. The normalized spacial score (nSPS) is 13.3. The van der Waals surface area contributed by atoms with E-state index in [1.165, 1.54) is 180 Å². The molecule has 1 unspecified atom stereocenters. The summed E-state index contributed by atoms with van der Waals surface area (Å²) in [6, 6.07) is 0. The van der Waals surface area contributed by atoms with Crippen LogP contribution in [0.5, 0.6) is 0 Å². The van der Waals surface area contributed by atoms with Gasteiger partial charge in [0, 0.05) is 17.4 Å². The lowest BCUT2D eigenvalue weighted by molar-refractivity contribution is 0.333. The molecule has 0 aliphatic heterocycles. The number of unbranched alkanes of at least 4 members (excludes halogenated alkanes) is 27. The molecule has 0 aromatic heterocycles. The van der Waals surface area contributed by atoms with Gasteiger partial charge in [-0.2, -0.15) is 0 Å². The van der Waals surface area contributed by atoms with Crippen molar-refractivity contribution in [3.8, 4) is 0 Å². The van der Waals surface area contributed by atoms with Crippen molar-refractivity contribution < 1.29 is 8.39 Å². The van der Waals surface area contributed by atoms with Crippen LogP contribution in [0.2, 0.25) is 0 Å². The van der Waals surface area contributed by atoms with E-state index in [2.05, 4.69) is 6.92 Å². The molecule has 0 radical (unpaired) electrons. The molecule has 2 nitrogen and oxygen atoms in total. The minimum absolute atomic E-state index is 0.554. The molecule has 0 aromatic rings. The summed E-state index contributed by atoms with van der Waals surface area (Å²) in [5, 5.41) is 0. The van der Waals surface area contributed by atoms with Crippen molar-refractivity contribution in [3.63, 3.8) is 0 Å². The maximum atomic E-state index is 11.2. The Hall–Kier alpha value is 0.330. The SMILES string of the molecule is CCCCCCCCCCCCCCCCCCCCCCCCCCCCCCOS(C)(=O)=S. The summed E-state index contributed by atoms with van der Waals surface area (Å²) in [5.74, 6) is 0. The first-order valence-corrected chi connectivity index (χ1v) is 18.7. The van der Waals surface area contributed by atoms with Gasteiger partial charge in [0.05, 0.1) is 6.61 Å². The largest absolute Gasteiger partial charge is 0.290 e. The van der Waals surface area contributed by atoms with Crippen LogP contribution in [0, 0.1) is 0 Å². The first-order valence-electron chi connectivity index (χ1n) is 15.9. The van der Waals surface area contributed by atoms with Crippen LogP contribution < -0.4 is 0 Å². The average molecular weight is 533 g/mol. The van der Waals surface area contributed by atoms with Crippen molar-refractivity contribution in [1.82, 2.24) is 0 Å². The molecule has 0 fully saturated rings. The summed E-state index contributed by atoms with van der Waals surface area (Å²) in [7, 11) is -2.42. The number of rotatable bonds is 30. The average Bonchev–Trinajstić information content (AvgIpc) is 2.82. The fourth-order valence-corrected chi connectivity index (χ4v) is 5.61. The highest BCUT2D eigenvalue weighted by molar-refractivity contribution is 8.29. The van der Waals surface area contributed by atoms with Gasteiger partial charge >= 0.3 is 0 Å². The molecule has 0 amide bonds. The van der Waals surface area contributed by atoms with Gasteiger partial charge in [-0.1, -0.05) is 180 Å². The van der Waals surface area contributed by atoms with Crippen molar-refractivity contribution in [1.29, 1.82) is 0 Å². The van der Waals surface area contributed by atoms with E-state index in [-0.39, 0.29) is 0 Å². The molecule has 0 rings (SSSR count). The van der Waals surface area contributed by atoms with Crippen molar-refractivity contribution in [2.24, 2.45) is 0 Å². The Labute approximate surface area is 227 Å². The minimum Gasteiger partial charge on any atom is -0.290 e. The first-order chi connectivity index (χ1) is 17.1. The molecule has 0 spiro atoms. The van der Waals surface area contributed by atoms with E-state index in [0.29, 0.717) is 6.61 Å². The maximum Gasteiger partial charge on any atom is 0.141 e. The second-order valence-electron chi connectivity index (χ2n) is 11.1. The van der Waals surface area contributed by atoms with E-state index in [1.54, 1.807) is 0 Å². The third-order valence-electron chi connectivity index (χ3n) is 7.30. The van der Waals surface area contributed by atoms with E-state index in [4.69, 9.17) is 15.4 Å². The Balaban J connectivity index is 3.04. The Morgan fingerprint density at radius 3 is 0.829 bits per heavy atom. The van der Waals surface area contributed by atoms with E-state index >= 15 is 0 Å². The van der Waals surface area contributed by atoms with Crippen LogP contribution in [0.3, 0.4) is 0 Å². The molecule has 0 bridgehead atoms. The molecule has 1 atom stereocenters. The maximum absolute atomic E-state index is 11.2. The standard InChI is InChI=1S/C31H64O2S2/c1-3-4-5-6-7-8-9-10-11-12-13-14-15-16-17-18-19-20-21-22-23-24-25-26-27-28-29-30-31-33-35(2,32)34/h3-31H2,1-2H3. The molecule has 212 valence electrons. The summed E-state index contributed by atoms with van der Waals surface area (Å²) >= 11 is 4.74. The van der Waals surface area contributed by atoms with Crippen LogP contribution in [0.1, 0.15) is 187 Å². The molecule has 0 saturated heterocycles.